The van der Waals surface area contributed by atoms with Crippen LogP contribution < -0.4 is 5.32 Å². The molecule has 0 aromatic carbocycles. The Labute approximate surface area is 82.1 Å². The third-order valence-corrected chi connectivity index (χ3v) is 2.45. The molecule has 0 fully saturated rings. The molecular weight excluding hydrogens is 162 g/mol. The molecule has 0 bridgehead atoms. The van der Waals surface area contributed by atoms with Crippen molar-refractivity contribution in [2.75, 3.05) is 14.2 Å². The van der Waals surface area contributed by atoms with E-state index >= 15 is 0 Å². The normalized spacial score (nSPS) is 13.3. The van der Waals surface area contributed by atoms with Gasteiger partial charge < -0.3 is 10.1 Å². The van der Waals surface area contributed by atoms with E-state index in [9.17, 15) is 0 Å². The number of nitrogens with one attached hydrogen (secondary N) is 1. The molecule has 13 heavy (non-hydrogen) atoms. The zero-order valence-corrected chi connectivity index (χ0v) is 9.40. The van der Waals surface area contributed by atoms with E-state index in [0.29, 0.717) is 6.04 Å². The highest BCUT2D eigenvalue weighted by atomic mass is 16.5. The summed E-state index contributed by atoms with van der Waals surface area (Å²) in [5.41, 5.74) is -0.121. The lowest BCUT2D eigenvalue weighted by Gasteiger charge is -2.32. The Balaban J connectivity index is 4.06. The van der Waals surface area contributed by atoms with Crippen molar-refractivity contribution in [1.29, 1.82) is 0 Å². The summed E-state index contributed by atoms with van der Waals surface area (Å²) in [6.45, 7) is 6.05. The summed E-state index contributed by atoms with van der Waals surface area (Å²) in [5.74, 6) is 5.96. The minimum Gasteiger partial charge on any atom is -0.377 e. The fourth-order valence-electron chi connectivity index (χ4n) is 1.32. The van der Waals surface area contributed by atoms with Crippen molar-refractivity contribution in [3.63, 3.8) is 0 Å². The molecule has 0 aliphatic carbocycles. The lowest BCUT2D eigenvalue weighted by Crippen LogP contribution is -2.46. The van der Waals surface area contributed by atoms with Gasteiger partial charge >= 0.3 is 0 Å². The van der Waals surface area contributed by atoms with Crippen molar-refractivity contribution in [1.82, 2.24) is 5.32 Å². The van der Waals surface area contributed by atoms with E-state index in [1.807, 2.05) is 14.0 Å². The maximum Gasteiger partial charge on any atom is 0.0775 e. The summed E-state index contributed by atoms with van der Waals surface area (Å²) in [4.78, 5) is 0. The molecule has 0 aliphatic heterocycles. The molecule has 0 saturated carbocycles. The molecule has 0 amide bonds. The van der Waals surface area contributed by atoms with Gasteiger partial charge in [0.05, 0.1) is 5.60 Å². The summed E-state index contributed by atoms with van der Waals surface area (Å²) in [6.07, 6.45) is 1.95. The smallest absolute Gasteiger partial charge is 0.0775 e. The van der Waals surface area contributed by atoms with E-state index in [2.05, 4.69) is 31.0 Å². The van der Waals surface area contributed by atoms with Crippen LogP contribution in [0.25, 0.3) is 0 Å². The SMILES string of the molecule is CC#CCCC(NC)C(C)(C)OC. The fourth-order valence-corrected chi connectivity index (χ4v) is 1.32. The predicted octanol–water partition coefficient (Wildman–Crippen LogP) is 1.80. The van der Waals surface area contributed by atoms with Crippen LogP contribution in [-0.4, -0.2) is 25.8 Å². The lowest BCUT2D eigenvalue weighted by molar-refractivity contribution is -0.00996. The Bertz CT molecular complexity index is 188. The number of hydrogen-bond acceptors (Lipinski definition) is 2. The number of methoxy groups -OCH3 is 1. The highest BCUT2D eigenvalue weighted by Gasteiger charge is 2.26. The van der Waals surface area contributed by atoms with Crippen molar-refractivity contribution >= 4 is 0 Å². The van der Waals surface area contributed by atoms with Gasteiger partial charge in [-0.2, -0.15) is 0 Å². The molecule has 0 spiro atoms. The average molecular weight is 183 g/mol. The van der Waals surface area contributed by atoms with Gasteiger partial charge in [-0.05, 0) is 34.2 Å². The van der Waals surface area contributed by atoms with Gasteiger partial charge in [0.1, 0.15) is 0 Å². The maximum atomic E-state index is 5.41. The molecule has 0 radical (unpaired) electrons. The quantitative estimate of drug-likeness (QED) is 0.656. The Kier molecular flexibility index (Phi) is 5.77. The summed E-state index contributed by atoms with van der Waals surface area (Å²) in [6, 6.07) is 0.360. The second-order valence-corrected chi connectivity index (χ2v) is 3.61. The number of likely N-dealkylation sites (N-methyl/N-ethyl adjacent to an activating group) is 1. The zero-order chi connectivity index (χ0) is 10.3. The molecule has 1 N–H and O–H groups in total. The second-order valence-electron chi connectivity index (χ2n) is 3.61. The Morgan fingerprint density at radius 2 is 2.08 bits per heavy atom. The summed E-state index contributed by atoms with van der Waals surface area (Å²) in [7, 11) is 3.71. The average Bonchev–Trinajstić information content (AvgIpc) is 2.12. The molecule has 2 heteroatoms. The van der Waals surface area contributed by atoms with Gasteiger partial charge in [-0.25, -0.2) is 0 Å². The zero-order valence-electron chi connectivity index (χ0n) is 9.40. The van der Waals surface area contributed by atoms with Gasteiger partial charge in [-0.15, -0.1) is 11.8 Å². The van der Waals surface area contributed by atoms with Gasteiger partial charge in [-0.1, -0.05) is 0 Å². The lowest BCUT2D eigenvalue weighted by atomic mass is 9.94. The summed E-state index contributed by atoms with van der Waals surface area (Å²) in [5, 5.41) is 3.26. The van der Waals surface area contributed by atoms with Crippen LogP contribution in [0.15, 0.2) is 0 Å². The van der Waals surface area contributed by atoms with Gasteiger partial charge in [0.25, 0.3) is 0 Å². The van der Waals surface area contributed by atoms with E-state index < -0.39 is 0 Å². The number of rotatable bonds is 5. The molecule has 0 saturated heterocycles. The number of hydrogen-bond donors (Lipinski definition) is 1. The Hall–Kier alpha value is -0.520. The van der Waals surface area contributed by atoms with Gasteiger partial charge in [0, 0.05) is 19.6 Å². The Morgan fingerprint density at radius 3 is 2.46 bits per heavy atom. The van der Waals surface area contributed by atoms with Crippen LogP contribution in [-0.2, 0) is 4.74 Å². The minimum atomic E-state index is -0.121. The molecule has 1 atom stereocenters. The van der Waals surface area contributed by atoms with E-state index in [1.54, 1.807) is 7.11 Å². The molecule has 2 nitrogen and oxygen atoms in total. The van der Waals surface area contributed by atoms with Crippen molar-refractivity contribution in [2.45, 2.75) is 45.3 Å². The molecule has 0 aromatic heterocycles. The molecule has 0 aliphatic rings. The van der Waals surface area contributed by atoms with Crippen molar-refractivity contribution in [2.24, 2.45) is 0 Å². The van der Waals surface area contributed by atoms with Gasteiger partial charge in [0.2, 0.25) is 0 Å². The first-order valence-corrected chi connectivity index (χ1v) is 4.70. The third kappa shape index (κ3) is 4.31. The van der Waals surface area contributed by atoms with E-state index in [-0.39, 0.29) is 5.60 Å². The fraction of sp³-hybridized carbons (Fsp3) is 0.818. The monoisotopic (exact) mass is 183 g/mol. The van der Waals surface area contributed by atoms with Crippen LogP contribution in [0, 0.1) is 11.8 Å². The van der Waals surface area contributed by atoms with Crippen molar-refractivity contribution in [3.8, 4) is 11.8 Å². The second kappa shape index (κ2) is 6.01. The van der Waals surface area contributed by atoms with Gasteiger partial charge in [-0.3, -0.25) is 0 Å². The molecule has 0 aromatic rings. The standard InChI is InChI=1S/C11H21NO/c1-6-7-8-9-10(12-4)11(2,3)13-5/h10,12H,8-9H2,1-5H3. The van der Waals surface area contributed by atoms with Crippen LogP contribution >= 0.6 is 0 Å². The van der Waals surface area contributed by atoms with Crippen molar-refractivity contribution in [3.05, 3.63) is 0 Å². The van der Waals surface area contributed by atoms with Crippen LogP contribution in [0.4, 0.5) is 0 Å². The molecule has 1 unspecified atom stereocenters. The van der Waals surface area contributed by atoms with E-state index in [0.717, 1.165) is 12.8 Å². The first kappa shape index (κ1) is 12.5. The van der Waals surface area contributed by atoms with Gasteiger partial charge in [0.15, 0.2) is 0 Å². The largest absolute Gasteiger partial charge is 0.377 e. The topological polar surface area (TPSA) is 21.3 Å². The first-order chi connectivity index (χ1) is 6.08. The number of ether oxygens (including phenoxy) is 1. The maximum absolute atomic E-state index is 5.41. The summed E-state index contributed by atoms with van der Waals surface area (Å²) < 4.78 is 5.41. The minimum absolute atomic E-state index is 0.121. The van der Waals surface area contributed by atoms with E-state index in [4.69, 9.17) is 4.74 Å². The molecule has 0 heterocycles. The van der Waals surface area contributed by atoms with Crippen LogP contribution in [0.2, 0.25) is 0 Å². The third-order valence-electron chi connectivity index (χ3n) is 2.45. The van der Waals surface area contributed by atoms with E-state index in [1.165, 1.54) is 0 Å². The molecule has 0 rings (SSSR count). The molecule has 76 valence electrons. The molecular formula is C11H21NO. The van der Waals surface area contributed by atoms with Crippen molar-refractivity contribution < 1.29 is 4.74 Å². The highest BCUT2D eigenvalue weighted by molar-refractivity contribution is 4.97. The van der Waals surface area contributed by atoms with Crippen LogP contribution in [0.1, 0.15) is 33.6 Å². The highest BCUT2D eigenvalue weighted by Crippen LogP contribution is 2.17. The summed E-state index contributed by atoms with van der Waals surface area (Å²) >= 11 is 0. The van der Waals surface area contributed by atoms with Crippen LogP contribution in [0.5, 0.6) is 0 Å². The predicted molar refractivity (Wildman–Crippen MR) is 56.6 cm³/mol. The van der Waals surface area contributed by atoms with Crippen LogP contribution in [0.3, 0.4) is 0 Å². The first-order valence-electron chi connectivity index (χ1n) is 4.70. The Morgan fingerprint density at radius 1 is 1.46 bits per heavy atom.